The van der Waals surface area contributed by atoms with Gasteiger partial charge in [-0.2, -0.15) is 0 Å². The van der Waals surface area contributed by atoms with Crippen molar-refractivity contribution in [1.82, 2.24) is 0 Å². The van der Waals surface area contributed by atoms with Gasteiger partial charge in [0, 0.05) is 0 Å². The molecule has 0 heterocycles. The van der Waals surface area contributed by atoms with E-state index in [2.05, 4.69) is 0 Å². The van der Waals surface area contributed by atoms with Gasteiger partial charge in [-0.05, 0) is 24.6 Å². The van der Waals surface area contributed by atoms with Crippen LogP contribution in [-0.4, -0.2) is 0 Å². The number of anilines is 2. The van der Waals surface area contributed by atoms with E-state index in [0.29, 0.717) is 0 Å². The molecule has 1 aromatic rings. The van der Waals surface area contributed by atoms with E-state index in [1.165, 1.54) is 0 Å². The lowest BCUT2D eigenvalue weighted by Crippen LogP contribution is -1.97. The summed E-state index contributed by atoms with van der Waals surface area (Å²) in [5.74, 6) is -0.523. The van der Waals surface area contributed by atoms with E-state index in [-0.39, 0.29) is 11.4 Å². The predicted octanol–water partition coefficient (Wildman–Crippen LogP) is 1.30. The normalized spacial score (nSPS) is 9.80. The van der Waals surface area contributed by atoms with Crippen LogP contribution in [-0.2, 0) is 0 Å². The standard InChI is InChI=1S/C7H9FN2/c1-4-2-5(9)7(8)6(10)3-4/h2-3H,9-10H2,1H3. The van der Waals surface area contributed by atoms with E-state index in [9.17, 15) is 4.39 Å². The summed E-state index contributed by atoms with van der Waals surface area (Å²) in [7, 11) is 0. The molecule has 1 rings (SSSR count). The van der Waals surface area contributed by atoms with Crippen LogP contribution >= 0.6 is 0 Å². The zero-order chi connectivity index (χ0) is 7.72. The number of halogens is 1. The zero-order valence-corrected chi connectivity index (χ0v) is 5.69. The Bertz CT molecular complexity index is 235. The highest BCUT2D eigenvalue weighted by molar-refractivity contribution is 5.55. The Morgan fingerprint density at radius 3 is 2.00 bits per heavy atom. The quantitative estimate of drug-likeness (QED) is 0.533. The van der Waals surface area contributed by atoms with Crippen molar-refractivity contribution in [3.05, 3.63) is 23.5 Å². The number of hydrogen-bond donors (Lipinski definition) is 2. The lowest BCUT2D eigenvalue weighted by Gasteiger charge is -2.00. The first-order valence-electron chi connectivity index (χ1n) is 2.92. The van der Waals surface area contributed by atoms with Crippen molar-refractivity contribution in [2.24, 2.45) is 0 Å². The lowest BCUT2D eigenvalue weighted by atomic mass is 10.2. The molecule has 0 aliphatic heterocycles. The molecule has 0 bridgehead atoms. The third-order valence-electron chi connectivity index (χ3n) is 1.27. The number of aryl methyl sites for hydroxylation is 1. The molecule has 0 fully saturated rings. The Labute approximate surface area is 58.6 Å². The largest absolute Gasteiger partial charge is 0.396 e. The van der Waals surface area contributed by atoms with Crippen LogP contribution in [0.5, 0.6) is 0 Å². The van der Waals surface area contributed by atoms with Gasteiger partial charge >= 0.3 is 0 Å². The first-order valence-corrected chi connectivity index (χ1v) is 2.92. The third kappa shape index (κ3) is 1.03. The lowest BCUT2D eigenvalue weighted by molar-refractivity contribution is 0.637. The zero-order valence-electron chi connectivity index (χ0n) is 5.69. The van der Waals surface area contributed by atoms with Gasteiger partial charge in [-0.25, -0.2) is 4.39 Å². The molecule has 1 aromatic carbocycles. The Balaban J connectivity index is 3.31. The van der Waals surface area contributed by atoms with Gasteiger partial charge in [-0.1, -0.05) is 0 Å². The molecule has 0 amide bonds. The molecule has 10 heavy (non-hydrogen) atoms. The highest BCUT2D eigenvalue weighted by atomic mass is 19.1. The van der Waals surface area contributed by atoms with Crippen LogP contribution in [0.15, 0.2) is 12.1 Å². The molecule has 0 saturated carbocycles. The van der Waals surface area contributed by atoms with Crippen LogP contribution in [0.4, 0.5) is 15.8 Å². The summed E-state index contributed by atoms with van der Waals surface area (Å²) in [5.41, 5.74) is 11.6. The Kier molecular flexibility index (Phi) is 1.49. The van der Waals surface area contributed by atoms with Crippen molar-refractivity contribution < 1.29 is 4.39 Å². The average molecular weight is 140 g/mol. The Morgan fingerprint density at radius 2 is 1.60 bits per heavy atom. The fourth-order valence-electron chi connectivity index (χ4n) is 0.826. The van der Waals surface area contributed by atoms with Gasteiger partial charge in [0.25, 0.3) is 0 Å². The minimum atomic E-state index is -0.523. The first kappa shape index (κ1) is 6.86. The number of nitrogen functional groups attached to an aromatic ring is 2. The molecule has 0 unspecified atom stereocenters. The van der Waals surface area contributed by atoms with Crippen LogP contribution in [0.3, 0.4) is 0 Å². The SMILES string of the molecule is Cc1cc(N)c(F)c(N)c1. The summed E-state index contributed by atoms with van der Waals surface area (Å²) >= 11 is 0. The van der Waals surface area contributed by atoms with Crippen molar-refractivity contribution >= 4 is 11.4 Å². The topological polar surface area (TPSA) is 52.0 Å². The minimum Gasteiger partial charge on any atom is -0.396 e. The van der Waals surface area contributed by atoms with Gasteiger partial charge in [-0.3, -0.25) is 0 Å². The molecule has 0 aromatic heterocycles. The number of rotatable bonds is 0. The third-order valence-corrected chi connectivity index (χ3v) is 1.27. The van der Waals surface area contributed by atoms with E-state index in [4.69, 9.17) is 11.5 Å². The summed E-state index contributed by atoms with van der Waals surface area (Å²) < 4.78 is 12.7. The molecule has 4 N–H and O–H groups in total. The van der Waals surface area contributed by atoms with Crippen LogP contribution in [0, 0.1) is 12.7 Å². The summed E-state index contributed by atoms with van der Waals surface area (Å²) in [6.45, 7) is 1.81. The highest BCUT2D eigenvalue weighted by Gasteiger charge is 2.01. The summed E-state index contributed by atoms with van der Waals surface area (Å²) in [6, 6.07) is 3.09. The second-order valence-electron chi connectivity index (χ2n) is 2.26. The summed E-state index contributed by atoms with van der Waals surface area (Å²) in [5, 5.41) is 0. The van der Waals surface area contributed by atoms with E-state index in [1.807, 2.05) is 6.92 Å². The monoisotopic (exact) mass is 140 g/mol. The molecule has 0 aliphatic rings. The van der Waals surface area contributed by atoms with Crippen molar-refractivity contribution in [2.45, 2.75) is 6.92 Å². The molecule has 0 spiro atoms. The van der Waals surface area contributed by atoms with Gasteiger partial charge < -0.3 is 11.5 Å². The van der Waals surface area contributed by atoms with Gasteiger partial charge in [-0.15, -0.1) is 0 Å². The number of nitrogens with two attached hydrogens (primary N) is 2. The fraction of sp³-hybridized carbons (Fsp3) is 0.143. The van der Waals surface area contributed by atoms with E-state index in [0.717, 1.165) is 5.56 Å². The van der Waals surface area contributed by atoms with Crippen LogP contribution in [0.2, 0.25) is 0 Å². The molecule has 0 aliphatic carbocycles. The van der Waals surface area contributed by atoms with Gasteiger partial charge in [0.1, 0.15) is 0 Å². The maximum absolute atomic E-state index is 12.7. The molecular formula is C7H9FN2. The van der Waals surface area contributed by atoms with E-state index in [1.54, 1.807) is 12.1 Å². The minimum absolute atomic E-state index is 0.109. The molecule has 3 heteroatoms. The molecule has 2 nitrogen and oxygen atoms in total. The van der Waals surface area contributed by atoms with Crippen molar-refractivity contribution in [2.75, 3.05) is 11.5 Å². The van der Waals surface area contributed by atoms with Crippen molar-refractivity contribution in [3.63, 3.8) is 0 Å². The molecule has 0 atom stereocenters. The van der Waals surface area contributed by atoms with Crippen LogP contribution in [0.1, 0.15) is 5.56 Å². The maximum atomic E-state index is 12.7. The van der Waals surface area contributed by atoms with Crippen molar-refractivity contribution in [3.8, 4) is 0 Å². The van der Waals surface area contributed by atoms with E-state index < -0.39 is 5.82 Å². The molecule has 0 saturated heterocycles. The van der Waals surface area contributed by atoms with Crippen LogP contribution in [0.25, 0.3) is 0 Å². The number of hydrogen-bond acceptors (Lipinski definition) is 2. The first-order chi connectivity index (χ1) is 4.61. The maximum Gasteiger partial charge on any atom is 0.168 e. The van der Waals surface area contributed by atoms with Crippen LogP contribution < -0.4 is 11.5 Å². The Morgan fingerprint density at radius 1 is 1.20 bits per heavy atom. The predicted molar refractivity (Wildman–Crippen MR) is 40.0 cm³/mol. The van der Waals surface area contributed by atoms with Gasteiger partial charge in [0.15, 0.2) is 5.82 Å². The van der Waals surface area contributed by atoms with Gasteiger partial charge in [0.2, 0.25) is 0 Å². The number of benzene rings is 1. The molecule has 0 radical (unpaired) electrons. The van der Waals surface area contributed by atoms with E-state index >= 15 is 0 Å². The van der Waals surface area contributed by atoms with Gasteiger partial charge in [0.05, 0.1) is 11.4 Å². The second kappa shape index (κ2) is 2.17. The smallest absolute Gasteiger partial charge is 0.168 e. The summed E-state index contributed by atoms with van der Waals surface area (Å²) in [6.07, 6.45) is 0. The highest BCUT2D eigenvalue weighted by Crippen LogP contribution is 2.18. The molecule has 54 valence electrons. The Hall–Kier alpha value is -1.25. The second-order valence-corrected chi connectivity index (χ2v) is 2.26. The van der Waals surface area contributed by atoms with Crippen molar-refractivity contribution in [1.29, 1.82) is 0 Å². The average Bonchev–Trinajstić information content (AvgIpc) is 1.82. The summed E-state index contributed by atoms with van der Waals surface area (Å²) in [4.78, 5) is 0. The fourth-order valence-corrected chi connectivity index (χ4v) is 0.826. The molecular weight excluding hydrogens is 131 g/mol.